The second-order valence-electron chi connectivity index (χ2n) is 5.50. The van der Waals surface area contributed by atoms with Gasteiger partial charge in [-0.3, -0.25) is 9.59 Å². The molecule has 0 bridgehead atoms. The number of fused-ring (bicyclic) bond motifs is 4. The Kier molecular flexibility index (Phi) is 2.31. The molecule has 4 nitrogen and oxygen atoms in total. The molecule has 0 radical (unpaired) electrons. The van der Waals surface area contributed by atoms with Crippen molar-refractivity contribution in [2.45, 2.75) is 32.1 Å². The lowest BCUT2D eigenvalue weighted by Crippen LogP contribution is -2.41. The van der Waals surface area contributed by atoms with Gasteiger partial charge < -0.3 is 9.47 Å². The maximum absolute atomic E-state index is 11.9. The third-order valence-electron chi connectivity index (χ3n) is 4.33. The van der Waals surface area contributed by atoms with Crippen LogP contribution in [0.25, 0.3) is 11.1 Å². The molecule has 1 aliphatic carbocycles. The molecule has 0 unspecified atom stereocenters. The number of hydrogen-bond acceptors (Lipinski definition) is 4. The van der Waals surface area contributed by atoms with E-state index < -0.39 is 0 Å². The van der Waals surface area contributed by atoms with Gasteiger partial charge in [0, 0.05) is 11.1 Å². The molecule has 0 fully saturated rings. The normalized spacial score (nSPS) is 18.9. The summed E-state index contributed by atoms with van der Waals surface area (Å²) in [5.41, 5.74) is 2.67. The summed E-state index contributed by atoms with van der Waals surface area (Å²) in [4.78, 5) is 23.8. The van der Waals surface area contributed by atoms with Crippen molar-refractivity contribution in [1.82, 2.24) is 0 Å². The lowest BCUT2D eigenvalue weighted by Gasteiger charge is -2.28. The topological polar surface area (TPSA) is 52.6 Å². The van der Waals surface area contributed by atoms with Crippen LogP contribution >= 0.6 is 0 Å². The Labute approximate surface area is 115 Å². The summed E-state index contributed by atoms with van der Waals surface area (Å²) in [5.74, 6) is 1.57. The molecule has 0 saturated heterocycles. The fraction of sp³-hybridized carbons (Fsp3) is 0.375. The maximum atomic E-state index is 11.9. The molecule has 102 valence electrons. The number of ether oxygens (including phenoxy) is 2. The summed E-state index contributed by atoms with van der Waals surface area (Å²) in [7, 11) is 0. The zero-order valence-corrected chi connectivity index (χ0v) is 11.2. The van der Waals surface area contributed by atoms with E-state index in [0.717, 1.165) is 41.7 Å². The Morgan fingerprint density at radius 2 is 1.90 bits per heavy atom. The first kappa shape index (κ1) is 11.7. The summed E-state index contributed by atoms with van der Waals surface area (Å²) < 4.78 is 10.8. The molecule has 0 aromatic heterocycles. The van der Waals surface area contributed by atoms with Crippen LogP contribution in [0, 0.1) is 0 Å². The van der Waals surface area contributed by atoms with Crippen LogP contribution in [-0.2, 0) is 6.42 Å². The molecular weight excluding hydrogens is 256 g/mol. The van der Waals surface area contributed by atoms with Gasteiger partial charge in [-0.05, 0) is 42.0 Å². The smallest absolute Gasteiger partial charge is 0.234 e. The number of hydrogen-bond donors (Lipinski definition) is 0. The molecule has 0 saturated carbocycles. The van der Waals surface area contributed by atoms with Crippen LogP contribution in [0.1, 0.15) is 36.8 Å². The van der Waals surface area contributed by atoms with Crippen molar-refractivity contribution >= 4 is 0 Å². The van der Waals surface area contributed by atoms with E-state index in [9.17, 15) is 9.59 Å². The van der Waals surface area contributed by atoms with Crippen LogP contribution in [-0.4, -0.2) is 6.79 Å². The molecule has 1 atom stereocenters. The van der Waals surface area contributed by atoms with Crippen molar-refractivity contribution in [3.63, 3.8) is 0 Å². The standard InChI is InChI=1S/C16H14O4/c1-2-3-8-4-9-5-11-12(20-7-19-11)6-10(9)14-13(8)15(17)16(14)18/h5-6,8H,2-4,7H2,1H3/t8-/m1/s1. The van der Waals surface area contributed by atoms with E-state index in [4.69, 9.17) is 9.47 Å². The third-order valence-corrected chi connectivity index (χ3v) is 4.33. The SMILES string of the molecule is CCC[C@@H]1Cc2cc3c(cc2-c2c1c(=O)c2=O)OCO3. The quantitative estimate of drug-likeness (QED) is 0.784. The highest BCUT2D eigenvalue weighted by molar-refractivity contribution is 5.79. The van der Waals surface area contributed by atoms with Crippen molar-refractivity contribution in [2.75, 3.05) is 6.79 Å². The number of rotatable bonds is 2. The summed E-state index contributed by atoms with van der Waals surface area (Å²) in [5, 5.41) is 0. The second kappa shape index (κ2) is 3.95. The van der Waals surface area contributed by atoms with Gasteiger partial charge in [-0.25, -0.2) is 0 Å². The fourth-order valence-corrected chi connectivity index (χ4v) is 3.41. The highest BCUT2D eigenvalue weighted by Crippen LogP contribution is 2.45. The molecule has 0 N–H and O–H groups in total. The Hall–Kier alpha value is -2.10. The van der Waals surface area contributed by atoms with E-state index in [1.165, 1.54) is 0 Å². The first-order valence-corrected chi connectivity index (χ1v) is 6.96. The summed E-state index contributed by atoms with van der Waals surface area (Å²) in [6, 6.07) is 3.81. The van der Waals surface area contributed by atoms with Gasteiger partial charge in [-0.1, -0.05) is 13.3 Å². The summed E-state index contributed by atoms with van der Waals surface area (Å²) >= 11 is 0. The molecule has 0 spiro atoms. The lowest BCUT2D eigenvalue weighted by atomic mass is 9.73. The minimum atomic E-state index is -0.346. The Balaban J connectivity index is 1.92. The molecule has 1 heterocycles. The molecular formula is C16H14O4. The highest BCUT2D eigenvalue weighted by Gasteiger charge is 2.35. The Morgan fingerprint density at radius 3 is 2.65 bits per heavy atom. The van der Waals surface area contributed by atoms with Gasteiger partial charge >= 0.3 is 0 Å². The molecule has 1 aliphatic heterocycles. The first-order chi connectivity index (χ1) is 9.70. The molecule has 20 heavy (non-hydrogen) atoms. The molecule has 2 aliphatic rings. The zero-order chi connectivity index (χ0) is 13.9. The van der Waals surface area contributed by atoms with Crippen molar-refractivity contribution in [2.24, 2.45) is 0 Å². The van der Waals surface area contributed by atoms with Gasteiger partial charge in [-0.15, -0.1) is 0 Å². The predicted octanol–water partition coefficient (Wildman–Crippen LogP) is 2.12. The van der Waals surface area contributed by atoms with E-state index in [2.05, 4.69) is 6.92 Å². The molecule has 0 amide bonds. The van der Waals surface area contributed by atoms with E-state index >= 15 is 0 Å². The molecule has 4 heteroatoms. The van der Waals surface area contributed by atoms with Crippen LogP contribution in [0.4, 0.5) is 0 Å². The minimum Gasteiger partial charge on any atom is -0.454 e. The average Bonchev–Trinajstić information content (AvgIpc) is 2.90. The lowest BCUT2D eigenvalue weighted by molar-refractivity contribution is 0.174. The predicted molar refractivity (Wildman–Crippen MR) is 74.3 cm³/mol. The fourth-order valence-electron chi connectivity index (χ4n) is 3.41. The molecule has 2 aromatic carbocycles. The molecule has 2 aromatic rings. The van der Waals surface area contributed by atoms with E-state index in [0.29, 0.717) is 11.3 Å². The van der Waals surface area contributed by atoms with E-state index in [1.807, 2.05) is 12.1 Å². The van der Waals surface area contributed by atoms with Crippen LogP contribution < -0.4 is 20.3 Å². The van der Waals surface area contributed by atoms with Crippen molar-refractivity contribution in [3.8, 4) is 22.6 Å². The van der Waals surface area contributed by atoms with Crippen LogP contribution in [0.2, 0.25) is 0 Å². The largest absolute Gasteiger partial charge is 0.454 e. The zero-order valence-electron chi connectivity index (χ0n) is 11.2. The highest BCUT2D eigenvalue weighted by atomic mass is 16.7. The van der Waals surface area contributed by atoms with Crippen molar-refractivity contribution in [1.29, 1.82) is 0 Å². The van der Waals surface area contributed by atoms with Gasteiger partial charge in [0.25, 0.3) is 0 Å². The van der Waals surface area contributed by atoms with Crippen LogP contribution in [0.3, 0.4) is 0 Å². The van der Waals surface area contributed by atoms with Crippen molar-refractivity contribution in [3.05, 3.63) is 43.7 Å². The maximum Gasteiger partial charge on any atom is 0.234 e. The summed E-state index contributed by atoms with van der Waals surface area (Å²) in [6.07, 6.45) is 2.74. The average molecular weight is 270 g/mol. The summed E-state index contributed by atoms with van der Waals surface area (Å²) in [6.45, 7) is 2.32. The van der Waals surface area contributed by atoms with Crippen LogP contribution in [0.15, 0.2) is 21.7 Å². The van der Waals surface area contributed by atoms with Gasteiger partial charge in [0.05, 0.1) is 0 Å². The van der Waals surface area contributed by atoms with E-state index in [-0.39, 0.29) is 23.6 Å². The Morgan fingerprint density at radius 1 is 1.15 bits per heavy atom. The van der Waals surface area contributed by atoms with E-state index in [1.54, 1.807) is 0 Å². The second-order valence-corrected chi connectivity index (χ2v) is 5.50. The van der Waals surface area contributed by atoms with Gasteiger partial charge in [-0.2, -0.15) is 0 Å². The molecule has 4 rings (SSSR count). The van der Waals surface area contributed by atoms with Crippen LogP contribution in [0.5, 0.6) is 11.5 Å². The minimum absolute atomic E-state index is 0.174. The third kappa shape index (κ3) is 1.36. The number of benzene rings is 1. The van der Waals surface area contributed by atoms with Crippen molar-refractivity contribution < 1.29 is 9.47 Å². The van der Waals surface area contributed by atoms with Gasteiger partial charge in [0.2, 0.25) is 17.7 Å². The Bertz CT molecular complexity index is 780. The van der Waals surface area contributed by atoms with Gasteiger partial charge in [0.15, 0.2) is 11.5 Å². The monoisotopic (exact) mass is 270 g/mol. The first-order valence-electron chi connectivity index (χ1n) is 6.96. The van der Waals surface area contributed by atoms with Gasteiger partial charge in [0.1, 0.15) is 0 Å².